The van der Waals surface area contributed by atoms with Crippen molar-refractivity contribution in [2.24, 2.45) is 17.6 Å². The molecule has 0 aliphatic heterocycles. The molecule has 3 nitrogen and oxygen atoms in total. The van der Waals surface area contributed by atoms with Gasteiger partial charge < -0.3 is 11.1 Å². The normalized spacial score (nSPS) is 38.5. The van der Waals surface area contributed by atoms with Crippen LogP contribution in [0.3, 0.4) is 0 Å². The largest absolute Gasteiger partial charge is 0.351 e. The Morgan fingerprint density at radius 3 is 2.60 bits per heavy atom. The van der Waals surface area contributed by atoms with Crippen LogP contribution in [-0.2, 0) is 4.79 Å². The quantitative estimate of drug-likeness (QED) is 0.724. The predicted molar refractivity (Wildman–Crippen MR) is 60.3 cm³/mol. The predicted octanol–water partition coefficient (Wildman–Crippen LogP) is 1.42. The number of carbonyl (C=O) groups excluding carboxylic acids is 1. The van der Waals surface area contributed by atoms with Gasteiger partial charge in [-0.15, -0.1) is 0 Å². The Balaban J connectivity index is 1.85. The Kier molecular flexibility index (Phi) is 2.75. The highest BCUT2D eigenvalue weighted by atomic mass is 16.2. The van der Waals surface area contributed by atoms with Crippen LogP contribution < -0.4 is 11.1 Å². The summed E-state index contributed by atoms with van der Waals surface area (Å²) in [5.41, 5.74) is 6.07. The van der Waals surface area contributed by atoms with Crippen molar-refractivity contribution >= 4 is 5.91 Å². The zero-order chi connectivity index (χ0) is 11.1. The third kappa shape index (κ3) is 2.51. The number of nitrogens with one attached hydrogen (secondary N) is 1. The Morgan fingerprint density at radius 1 is 1.40 bits per heavy atom. The molecule has 3 atom stereocenters. The number of amides is 1. The molecular weight excluding hydrogens is 188 g/mol. The highest BCUT2D eigenvalue weighted by Crippen LogP contribution is 2.36. The zero-order valence-corrected chi connectivity index (χ0v) is 9.75. The number of rotatable bonds is 2. The number of carbonyl (C=O) groups is 1. The van der Waals surface area contributed by atoms with Gasteiger partial charge in [0, 0.05) is 17.5 Å². The molecule has 2 aliphatic carbocycles. The molecule has 1 amide bonds. The van der Waals surface area contributed by atoms with Gasteiger partial charge in [0.05, 0.1) is 0 Å². The first-order valence-electron chi connectivity index (χ1n) is 6.08. The summed E-state index contributed by atoms with van der Waals surface area (Å²) in [5, 5.41) is 3.16. The molecule has 0 bridgehead atoms. The van der Waals surface area contributed by atoms with E-state index in [0.29, 0.717) is 12.0 Å². The molecule has 2 fully saturated rings. The molecule has 3 heteroatoms. The monoisotopic (exact) mass is 210 g/mol. The number of hydrogen-bond donors (Lipinski definition) is 2. The van der Waals surface area contributed by atoms with Crippen LogP contribution >= 0.6 is 0 Å². The Labute approximate surface area is 91.8 Å². The van der Waals surface area contributed by atoms with Crippen molar-refractivity contribution in [3.8, 4) is 0 Å². The van der Waals surface area contributed by atoms with Gasteiger partial charge in [-0.2, -0.15) is 0 Å². The summed E-state index contributed by atoms with van der Waals surface area (Å²) >= 11 is 0. The molecule has 3 N–H and O–H groups in total. The topological polar surface area (TPSA) is 55.1 Å². The van der Waals surface area contributed by atoms with Gasteiger partial charge in [0.25, 0.3) is 0 Å². The van der Waals surface area contributed by atoms with Crippen molar-refractivity contribution < 1.29 is 4.79 Å². The maximum atomic E-state index is 12.0. The fourth-order valence-electron chi connectivity index (χ4n) is 2.37. The molecule has 2 aliphatic rings. The van der Waals surface area contributed by atoms with Gasteiger partial charge in [-0.3, -0.25) is 4.79 Å². The smallest absolute Gasteiger partial charge is 0.223 e. The SMILES string of the molecule is CC1CC(C(=O)NC2(C)CC2)CCC1N. The van der Waals surface area contributed by atoms with Crippen molar-refractivity contribution in [1.82, 2.24) is 5.32 Å². The Hall–Kier alpha value is -0.570. The van der Waals surface area contributed by atoms with Crippen LogP contribution in [0, 0.1) is 11.8 Å². The van der Waals surface area contributed by atoms with Crippen LogP contribution in [0.1, 0.15) is 46.0 Å². The third-order valence-electron chi connectivity index (χ3n) is 4.03. The molecule has 15 heavy (non-hydrogen) atoms. The first-order valence-corrected chi connectivity index (χ1v) is 6.08. The van der Waals surface area contributed by atoms with E-state index in [9.17, 15) is 4.79 Å². The molecule has 0 saturated heterocycles. The lowest BCUT2D eigenvalue weighted by Gasteiger charge is -2.31. The van der Waals surface area contributed by atoms with Crippen LogP contribution in [0.4, 0.5) is 0 Å². The third-order valence-corrected chi connectivity index (χ3v) is 4.03. The van der Waals surface area contributed by atoms with E-state index >= 15 is 0 Å². The van der Waals surface area contributed by atoms with Crippen molar-refractivity contribution in [2.75, 3.05) is 0 Å². The molecule has 0 radical (unpaired) electrons. The fourth-order valence-corrected chi connectivity index (χ4v) is 2.37. The second kappa shape index (κ2) is 3.78. The lowest BCUT2D eigenvalue weighted by molar-refractivity contribution is -0.127. The van der Waals surface area contributed by atoms with E-state index in [1.54, 1.807) is 0 Å². The lowest BCUT2D eigenvalue weighted by Crippen LogP contribution is -2.43. The van der Waals surface area contributed by atoms with Gasteiger partial charge in [-0.1, -0.05) is 6.92 Å². The van der Waals surface area contributed by atoms with E-state index in [1.807, 2.05) is 0 Å². The van der Waals surface area contributed by atoms with E-state index in [-0.39, 0.29) is 17.4 Å². The van der Waals surface area contributed by atoms with Crippen LogP contribution in [0.5, 0.6) is 0 Å². The Morgan fingerprint density at radius 2 is 2.07 bits per heavy atom. The standard InChI is InChI=1S/C12H22N2O/c1-8-7-9(3-4-10(8)13)11(15)14-12(2)5-6-12/h8-10H,3-7,13H2,1-2H3,(H,14,15). The first kappa shape index (κ1) is 10.9. The van der Waals surface area contributed by atoms with Gasteiger partial charge >= 0.3 is 0 Å². The van der Waals surface area contributed by atoms with Crippen molar-refractivity contribution in [3.05, 3.63) is 0 Å². The van der Waals surface area contributed by atoms with Crippen molar-refractivity contribution in [1.29, 1.82) is 0 Å². The first-order chi connectivity index (χ1) is 7.00. The van der Waals surface area contributed by atoms with Crippen LogP contribution in [0.15, 0.2) is 0 Å². The van der Waals surface area contributed by atoms with E-state index in [4.69, 9.17) is 5.73 Å². The van der Waals surface area contributed by atoms with Gasteiger partial charge in [0.2, 0.25) is 5.91 Å². The highest BCUT2D eigenvalue weighted by Gasteiger charge is 2.40. The summed E-state index contributed by atoms with van der Waals surface area (Å²) in [6.45, 7) is 4.28. The molecule has 0 heterocycles. The minimum Gasteiger partial charge on any atom is -0.351 e. The molecule has 0 aromatic rings. The minimum atomic E-state index is 0.125. The molecule has 2 saturated carbocycles. The fraction of sp³-hybridized carbons (Fsp3) is 0.917. The van der Waals surface area contributed by atoms with Gasteiger partial charge in [0.15, 0.2) is 0 Å². The van der Waals surface area contributed by atoms with Crippen LogP contribution in [0.2, 0.25) is 0 Å². The minimum absolute atomic E-state index is 0.125. The van der Waals surface area contributed by atoms with Crippen LogP contribution in [-0.4, -0.2) is 17.5 Å². The summed E-state index contributed by atoms with van der Waals surface area (Å²) in [5.74, 6) is 0.951. The second-order valence-corrected chi connectivity index (χ2v) is 5.70. The molecular formula is C12H22N2O. The molecule has 0 spiro atoms. The average Bonchev–Trinajstić information content (AvgIpc) is 2.88. The van der Waals surface area contributed by atoms with Gasteiger partial charge in [-0.25, -0.2) is 0 Å². The summed E-state index contributed by atoms with van der Waals surface area (Å²) in [6, 6.07) is 0.297. The lowest BCUT2D eigenvalue weighted by atomic mass is 9.79. The van der Waals surface area contributed by atoms with E-state index in [1.165, 1.54) is 0 Å². The summed E-state index contributed by atoms with van der Waals surface area (Å²) < 4.78 is 0. The number of hydrogen-bond acceptors (Lipinski definition) is 2. The number of nitrogens with two attached hydrogens (primary N) is 1. The summed E-state index contributed by atoms with van der Waals surface area (Å²) in [4.78, 5) is 12.0. The summed E-state index contributed by atoms with van der Waals surface area (Å²) in [6.07, 6.45) is 5.20. The summed E-state index contributed by atoms with van der Waals surface area (Å²) in [7, 11) is 0. The van der Waals surface area contributed by atoms with E-state index < -0.39 is 0 Å². The maximum Gasteiger partial charge on any atom is 0.223 e. The Bertz CT molecular complexity index is 260. The van der Waals surface area contributed by atoms with Gasteiger partial charge in [-0.05, 0) is 44.9 Å². The molecule has 86 valence electrons. The van der Waals surface area contributed by atoms with E-state index in [0.717, 1.165) is 32.1 Å². The zero-order valence-electron chi connectivity index (χ0n) is 9.75. The molecule has 3 unspecified atom stereocenters. The van der Waals surface area contributed by atoms with Crippen molar-refractivity contribution in [3.63, 3.8) is 0 Å². The molecule has 0 aromatic heterocycles. The average molecular weight is 210 g/mol. The van der Waals surface area contributed by atoms with Crippen LogP contribution in [0.25, 0.3) is 0 Å². The van der Waals surface area contributed by atoms with Crippen molar-refractivity contribution in [2.45, 2.75) is 57.5 Å². The van der Waals surface area contributed by atoms with Gasteiger partial charge in [0.1, 0.15) is 0 Å². The highest BCUT2D eigenvalue weighted by molar-refractivity contribution is 5.79. The second-order valence-electron chi connectivity index (χ2n) is 5.70. The molecule has 2 rings (SSSR count). The maximum absolute atomic E-state index is 12.0. The molecule has 0 aromatic carbocycles. The van der Waals surface area contributed by atoms with E-state index in [2.05, 4.69) is 19.2 Å².